The fourth-order valence-corrected chi connectivity index (χ4v) is 2.61. The summed E-state index contributed by atoms with van der Waals surface area (Å²) in [6.45, 7) is 0.153. The first kappa shape index (κ1) is 18.9. The summed E-state index contributed by atoms with van der Waals surface area (Å²) in [5.41, 5.74) is 1.67. The highest BCUT2D eigenvalue weighted by atomic mass is 16.5. The Balaban J connectivity index is 1.73. The lowest BCUT2D eigenvalue weighted by molar-refractivity contribution is 0.0470. The van der Waals surface area contributed by atoms with Gasteiger partial charge in [0, 0.05) is 0 Å². The summed E-state index contributed by atoms with van der Waals surface area (Å²) in [7, 11) is 0. The third-order valence-electron chi connectivity index (χ3n) is 4.04. The quantitative estimate of drug-likeness (QED) is 0.605. The lowest BCUT2D eigenvalue weighted by atomic mass is 10.0. The molecule has 3 aromatic carbocycles. The van der Waals surface area contributed by atoms with E-state index < -0.39 is 11.9 Å². The van der Waals surface area contributed by atoms with Gasteiger partial charge in [0.25, 0.3) is 0 Å². The Labute approximate surface area is 162 Å². The standard InChI is InChI=1S/C23H17NO4/c24-14-21-19(22(25)27-15-17-8-3-1-4-9-17)12-7-13-20(21)23(26)28-16-18-10-5-2-6-11-18/h1-13H,15-16H2. The zero-order valence-electron chi connectivity index (χ0n) is 15.0. The molecule has 0 N–H and O–H groups in total. The van der Waals surface area contributed by atoms with Gasteiger partial charge in [0.15, 0.2) is 0 Å². The predicted molar refractivity (Wildman–Crippen MR) is 102 cm³/mol. The Hall–Kier alpha value is -3.91. The number of rotatable bonds is 6. The molecule has 0 aromatic heterocycles. The molecule has 0 unspecified atom stereocenters. The second kappa shape index (κ2) is 9.15. The van der Waals surface area contributed by atoms with Crippen molar-refractivity contribution in [2.75, 3.05) is 0 Å². The molecule has 3 aromatic rings. The molecule has 3 rings (SSSR count). The van der Waals surface area contributed by atoms with E-state index in [2.05, 4.69) is 0 Å². The van der Waals surface area contributed by atoms with Crippen molar-refractivity contribution in [2.45, 2.75) is 13.2 Å². The van der Waals surface area contributed by atoms with Crippen molar-refractivity contribution in [1.82, 2.24) is 0 Å². The van der Waals surface area contributed by atoms with E-state index in [0.717, 1.165) is 11.1 Å². The van der Waals surface area contributed by atoms with Crippen LogP contribution in [0.15, 0.2) is 78.9 Å². The van der Waals surface area contributed by atoms with Gasteiger partial charge in [-0.3, -0.25) is 0 Å². The van der Waals surface area contributed by atoms with E-state index in [1.165, 1.54) is 18.2 Å². The van der Waals surface area contributed by atoms with Crippen molar-refractivity contribution in [2.24, 2.45) is 0 Å². The topological polar surface area (TPSA) is 76.4 Å². The van der Waals surface area contributed by atoms with Crippen LogP contribution < -0.4 is 0 Å². The summed E-state index contributed by atoms with van der Waals surface area (Å²) in [4.78, 5) is 24.9. The molecule has 0 amide bonds. The summed E-state index contributed by atoms with van der Waals surface area (Å²) < 4.78 is 10.6. The molecule has 5 heteroatoms. The van der Waals surface area contributed by atoms with Crippen molar-refractivity contribution < 1.29 is 19.1 Å². The lowest BCUT2D eigenvalue weighted by Crippen LogP contribution is -2.13. The average Bonchev–Trinajstić information content (AvgIpc) is 2.76. The zero-order valence-corrected chi connectivity index (χ0v) is 15.0. The molecule has 0 heterocycles. The van der Waals surface area contributed by atoms with Gasteiger partial charge < -0.3 is 9.47 Å². The number of esters is 2. The Morgan fingerprint density at radius 1 is 0.679 bits per heavy atom. The molecule has 0 atom stereocenters. The van der Waals surface area contributed by atoms with Gasteiger partial charge in [-0.25, -0.2) is 9.59 Å². The van der Waals surface area contributed by atoms with Crippen molar-refractivity contribution in [1.29, 1.82) is 5.26 Å². The van der Waals surface area contributed by atoms with E-state index in [9.17, 15) is 14.9 Å². The average molecular weight is 371 g/mol. The molecule has 0 radical (unpaired) electrons. The molecule has 138 valence electrons. The van der Waals surface area contributed by atoms with Gasteiger partial charge in [-0.05, 0) is 23.3 Å². The lowest BCUT2D eigenvalue weighted by Gasteiger charge is -2.10. The van der Waals surface area contributed by atoms with Gasteiger partial charge in [-0.1, -0.05) is 66.7 Å². The Morgan fingerprint density at radius 2 is 1.11 bits per heavy atom. The number of benzene rings is 3. The van der Waals surface area contributed by atoms with Gasteiger partial charge >= 0.3 is 11.9 Å². The largest absolute Gasteiger partial charge is 0.457 e. The van der Waals surface area contributed by atoms with Crippen molar-refractivity contribution >= 4 is 11.9 Å². The van der Waals surface area contributed by atoms with E-state index in [0.29, 0.717) is 0 Å². The van der Waals surface area contributed by atoms with Crippen LogP contribution in [0.5, 0.6) is 0 Å². The first-order valence-electron chi connectivity index (χ1n) is 8.64. The SMILES string of the molecule is N#Cc1c(C(=O)OCc2ccccc2)cccc1C(=O)OCc1ccccc1. The molecule has 0 bridgehead atoms. The summed E-state index contributed by atoms with van der Waals surface area (Å²) in [6.07, 6.45) is 0. The Bertz CT molecular complexity index is 934. The number of ether oxygens (including phenoxy) is 2. The second-order valence-electron chi connectivity index (χ2n) is 5.96. The molecule has 0 aliphatic rings. The van der Waals surface area contributed by atoms with E-state index in [-0.39, 0.29) is 29.9 Å². The van der Waals surface area contributed by atoms with Crippen molar-refractivity contribution in [3.63, 3.8) is 0 Å². The zero-order chi connectivity index (χ0) is 19.8. The van der Waals surface area contributed by atoms with Crippen molar-refractivity contribution in [3.05, 3.63) is 107 Å². The van der Waals surface area contributed by atoms with E-state index in [4.69, 9.17) is 9.47 Å². The Kier molecular flexibility index (Phi) is 6.17. The molecule has 0 aliphatic carbocycles. The number of hydrogen-bond donors (Lipinski definition) is 0. The molecule has 0 aliphatic heterocycles. The number of hydrogen-bond acceptors (Lipinski definition) is 5. The summed E-state index contributed by atoms with van der Waals surface area (Å²) in [5, 5.41) is 9.50. The third kappa shape index (κ3) is 4.63. The minimum Gasteiger partial charge on any atom is -0.457 e. The molecule has 0 spiro atoms. The first-order valence-corrected chi connectivity index (χ1v) is 8.64. The summed E-state index contributed by atoms with van der Waals surface area (Å²) in [6, 6.07) is 24.8. The molecule has 0 saturated carbocycles. The van der Waals surface area contributed by atoms with Crippen LogP contribution >= 0.6 is 0 Å². The van der Waals surface area contributed by atoms with Crippen LogP contribution in [0.1, 0.15) is 37.4 Å². The third-order valence-corrected chi connectivity index (χ3v) is 4.04. The van der Waals surface area contributed by atoms with Crippen molar-refractivity contribution in [3.8, 4) is 6.07 Å². The van der Waals surface area contributed by atoms with Crippen LogP contribution in [0.25, 0.3) is 0 Å². The van der Waals surface area contributed by atoms with Crippen LogP contribution in [-0.2, 0) is 22.7 Å². The van der Waals surface area contributed by atoms with Gasteiger partial charge in [0.05, 0.1) is 16.7 Å². The van der Waals surface area contributed by atoms with Crippen LogP contribution in [0, 0.1) is 11.3 Å². The maximum Gasteiger partial charge on any atom is 0.339 e. The normalized spacial score (nSPS) is 9.96. The second-order valence-corrected chi connectivity index (χ2v) is 5.96. The van der Waals surface area contributed by atoms with E-state index in [1.807, 2.05) is 66.7 Å². The van der Waals surface area contributed by atoms with Gasteiger partial charge in [-0.15, -0.1) is 0 Å². The van der Waals surface area contributed by atoms with Gasteiger partial charge in [0.2, 0.25) is 0 Å². The molecule has 5 nitrogen and oxygen atoms in total. The van der Waals surface area contributed by atoms with Crippen LogP contribution in [-0.4, -0.2) is 11.9 Å². The number of nitrogens with zero attached hydrogens (tertiary/aromatic N) is 1. The molecular formula is C23H17NO4. The van der Waals surface area contributed by atoms with Crippen LogP contribution in [0.2, 0.25) is 0 Å². The fourth-order valence-electron chi connectivity index (χ4n) is 2.61. The summed E-state index contributed by atoms with van der Waals surface area (Å²) in [5.74, 6) is -1.34. The fraction of sp³-hybridized carbons (Fsp3) is 0.0870. The minimum absolute atomic E-state index is 0.0348. The van der Waals surface area contributed by atoms with E-state index in [1.54, 1.807) is 0 Å². The molecule has 0 saturated heterocycles. The maximum absolute atomic E-state index is 12.4. The molecular weight excluding hydrogens is 354 g/mol. The van der Waals surface area contributed by atoms with Gasteiger partial charge in [0.1, 0.15) is 19.3 Å². The van der Waals surface area contributed by atoms with Crippen LogP contribution in [0.3, 0.4) is 0 Å². The highest BCUT2D eigenvalue weighted by Crippen LogP contribution is 2.18. The molecule has 28 heavy (non-hydrogen) atoms. The van der Waals surface area contributed by atoms with Gasteiger partial charge in [-0.2, -0.15) is 5.26 Å². The Morgan fingerprint density at radius 3 is 1.50 bits per heavy atom. The highest BCUT2D eigenvalue weighted by molar-refractivity contribution is 5.99. The number of carbonyl (C=O) groups is 2. The number of carbonyl (C=O) groups excluding carboxylic acids is 2. The molecule has 0 fully saturated rings. The van der Waals surface area contributed by atoms with Crippen LogP contribution in [0.4, 0.5) is 0 Å². The highest BCUT2D eigenvalue weighted by Gasteiger charge is 2.21. The maximum atomic E-state index is 12.4. The monoisotopic (exact) mass is 371 g/mol. The smallest absolute Gasteiger partial charge is 0.339 e. The minimum atomic E-state index is -0.668. The summed E-state index contributed by atoms with van der Waals surface area (Å²) >= 11 is 0. The first-order chi connectivity index (χ1) is 13.7. The predicted octanol–water partition coefficient (Wildman–Crippen LogP) is 4.27. The van der Waals surface area contributed by atoms with E-state index >= 15 is 0 Å². The number of nitriles is 1.